The quantitative estimate of drug-likeness (QED) is 0.293. The summed E-state index contributed by atoms with van der Waals surface area (Å²) in [5, 5.41) is 25.4. The summed E-state index contributed by atoms with van der Waals surface area (Å²) < 4.78 is 0. The Hall–Kier alpha value is -3.01. The highest BCUT2D eigenvalue weighted by Gasteiger charge is 2.33. The molecule has 3 N–H and O–H groups in total. The summed E-state index contributed by atoms with van der Waals surface area (Å²) >= 11 is 0. The summed E-state index contributed by atoms with van der Waals surface area (Å²) in [6.45, 7) is 10.7. The van der Waals surface area contributed by atoms with E-state index in [0.29, 0.717) is 24.1 Å². The van der Waals surface area contributed by atoms with Gasteiger partial charge in [-0.1, -0.05) is 73.9 Å². The van der Waals surface area contributed by atoms with Gasteiger partial charge in [-0.15, -0.1) is 0 Å². The number of amides is 1. The van der Waals surface area contributed by atoms with Gasteiger partial charge in [-0.05, 0) is 62.6 Å². The molecule has 0 spiro atoms. The fourth-order valence-electron chi connectivity index (χ4n) is 4.84. The van der Waals surface area contributed by atoms with Crippen LogP contribution in [0.5, 0.6) is 11.5 Å². The molecule has 0 aromatic heterocycles. The van der Waals surface area contributed by atoms with Gasteiger partial charge in [0.2, 0.25) is 0 Å². The molecule has 33 heavy (non-hydrogen) atoms. The van der Waals surface area contributed by atoms with E-state index < -0.39 is 0 Å². The molecule has 0 aliphatic heterocycles. The highest BCUT2D eigenvalue weighted by atomic mass is 16.3. The number of rotatable bonds is 9. The van der Waals surface area contributed by atoms with Crippen molar-refractivity contribution >= 4 is 5.91 Å². The lowest BCUT2D eigenvalue weighted by Gasteiger charge is -2.32. The highest BCUT2D eigenvalue weighted by molar-refractivity contribution is 5.99. The standard InChI is InChI=1S/C29H37NO3/c1-5-6-8-13-22-17-25(31)27(24-16-20(4)14-15-23(24)19(2)3)28(32)26(22)29(33)30-18-21-11-9-7-10-12-21/h7,9-12,16-17,23-24,31-32H,2,5-6,8,13-15,18H2,1,3-4H3,(H,30,33)/t23-,24+/m0/s1. The monoisotopic (exact) mass is 447 g/mol. The van der Waals surface area contributed by atoms with Crippen molar-refractivity contribution in [1.82, 2.24) is 5.32 Å². The third-order valence-electron chi connectivity index (χ3n) is 6.69. The van der Waals surface area contributed by atoms with Crippen LogP contribution in [0.1, 0.15) is 85.8 Å². The number of hydrogen-bond donors (Lipinski definition) is 3. The second-order valence-corrected chi connectivity index (χ2v) is 9.35. The number of carbonyl (C=O) groups is 1. The Morgan fingerprint density at radius 1 is 1.18 bits per heavy atom. The lowest BCUT2D eigenvalue weighted by Crippen LogP contribution is -2.25. The predicted molar refractivity (Wildman–Crippen MR) is 135 cm³/mol. The van der Waals surface area contributed by atoms with E-state index in [1.807, 2.05) is 37.3 Å². The fourth-order valence-corrected chi connectivity index (χ4v) is 4.84. The Labute approximate surface area is 198 Å². The topological polar surface area (TPSA) is 69.6 Å². The number of phenols is 2. The van der Waals surface area contributed by atoms with E-state index in [4.69, 9.17) is 0 Å². The molecular weight excluding hydrogens is 410 g/mol. The maximum absolute atomic E-state index is 13.3. The smallest absolute Gasteiger partial charge is 0.255 e. The number of aromatic hydroxyl groups is 2. The molecule has 1 amide bonds. The Morgan fingerprint density at radius 2 is 1.91 bits per heavy atom. The summed E-state index contributed by atoms with van der Waals surface area (Å²) in [5.41, 5.74) is 4.64. The van der Waals surface area contributed by atoms with Gasteiger partial charge in [-0.3, -0.25) is 4.79 Å². The zero-order chi connectivity index (χ0) is 24.0. The van der Waals surface area contributed by atoms with Crippen LogP contribution in [0.4, 0.5) is 0 Å². The van der Waals surface area contributed by atoms with Crippen LogP contribution in [0.2, 0.25) is 0 Å². The molecule has 4 heteroatoms. The van der Waals surface area contributed by atoms with Gasteiger partial charge >= 0.3 is 0 Å². The van der Waals surface area contributed by atoms with Crippen molar-refractivity contribution in [3.8, 4) is 11.5 Å². The normalized spacial score (nSPS) is 18.0. The van der Waals surface area contributed by atoms with Crippen LogP contribution in [0.25, 0.3) is 0 Å². The van der Waals surface area contributed by atoms with Crippen molar-refractivity contribution in [2.24, 2.45) is 5.92 Å². The molecule has 0 bridgehead atoms. The Balaban J connectivity index is 2.03. The summed E-state index contributed by atoms with van der Waals surface area (Å²) in [5.74, 6) is -0.458. The van der Waals surface area contributed by atoms with Gasteiger partial charge in [0.15, 0.2) is 0 Å². The van der Waals surface area contributed by atoms with Gasteiger partial charge in [-0.2, -0.15) is 0 Å². The number of carbonyl (C=O) groups excluding carboxylic acids is 1. The predicted octanol–water partition coefficient (Wildman–Crippen LogP) is 6.78. The number of aryl methyl sites for hydroxylation is 1. The molecular formula is C29H37NO3. The van der Waals surface area contributed by atoms with Gasteiger partial charge in [0, 0.05) is 18.0 Å². The molecule has 0 unspecified atom stereocenters. The summed E-state index contributed by atoms with van der Waals surface area (Å²) in [4.78, 5) is 13.3. The van der Waals surface area contributed by atoms with Crippen molar-refractivity contribution in [3.63, 3.8) is 0 Å². The summed E-state index contributed by atoms with van der Waals surface area (Å²) in [7, 11) is 0. The van der Waals surface area contributed by atoms with Crippen LogP contribution >= 0.6 is 0 Å². The first-order valence-corrected chi connectivity index (χ1v) is 12.1. The van der Waals surface area contributed by atoms with E-state index in [1.54, 1.807) is 6.07 Å². The lowest BCUT2D eigenvalue weighted by atomic mass is 9.73. The molecule has 3 rings (SSSR count). The van der Waals surface area contributed by atoms with Crippen molar-refractivity contribution < 1.29 is 15.0 Å². The molecule has 2 atom stereocenters. The number of allylic oxidation sites excluding steroid dienone is 3. The van der Waals surface area contributed by atoms with Crippen LogP contribution in [0, 0.1) is 5.92 Å². The van der Waals surface area contributed by atoms with Crippen LogP contribution < -0.4 is 5.32 Å². The first-order valence-electron chi connectivity index (χ1n) is 12.1. The number of benzene rings is 2. The molecule has 2 aromatic rings. The maximum Gasteiger partial charge on any atom is 0.255 e. The van der Waals surface area contributed by atoms with E-state index in [2.05, 4.69) is 31.8 Å². The average molecular weight is 448 g/mol. The minimum absolute atomic E-state index is 0.0563. The van der Waals surface area contributed by atoms with Crippen molar-refractivity contribution in [1.29, 1.82) is 0 Å². The number of phenolic OH excluding ortho intramolecular Hbond substituents is 2. The van der Waals surface area contributed by atoms with E-state index in [0.717, 1.165) is 43.2 Å². The molecule has 0 heterocycles. The van der Waals surface area contributed by atoms with Gasteiger partial charge in [0.1, 0.15) is 11.5 Å². The van der Waals surface area contributed by atoms with E-state index >= 15 is 0 Å². The summed E-state index contributed by atoms with van der Waals surface area (Å²) in [6, 6.07) is 11.4. The largest absolute Gasteiger partial charge is 0.507 e. The SMILES string of the molecule is C=C(C)[C@@H]1CCC(C)=C[C@H]1c1c(O)cc(CCCCC)c(C(=O)NCc2ccccc2)c1O. The zero-order valence-electron chi connectivity index (χ0n) is 20.2. The lowest BCUT2D eigenvalue weighted by molar-refractivity contribution is 0.0947. The average Bonchev–Trinajstić information content (AvgIpc) is 2.78. The minimum Gasteiger partial charge on any atom is -0.507 e. The fraction of sp³-hybridized carbons (Fsp3) is 0.414. The van der Waals surface area contributed by atoms with Crippen LogP contribution in [0.15, 0.2) is 60.2 Å². The third kappa shape index (κ3) is 5.87. The van der Waals surface area contributed by atoms with Crippen LogP contribution in [-0.4, -0.2) is 16.1 Å². The van der Waals surface area contributed by atoms with Gasteiger partial charge in [-0.25, -0.2) is 0 Å². The van der Waals surface area contributed by atoms with Crippen molar-refractivity contribution in [2.75, 3.05) is 0 Å². The first kappa shape index (κ1) is 24.6. The zero-order valence-corrected chi connectivity index (χ0v) is 20.2. The van der Waals surface area contributed by atoms with Crippen LogP contribution in [0.3, 0.4) is 0 Å². The molecule has 0 saturated carbocycles. The Bertz CT molecular complexity index is 1020. The second kappa shape index (κ2) is 11.2. The van der Waals surface area contributed by atoms with Crippen molar-refractivity contribution in [3.05, 3.63) is 82.5 Å². The summed E-state index contributed by atoms with van der Waals surface area (Å²) in [6.07, 6.45) is 7.59. The van der Waals surface area contributed by atoms with Gasteiger partial charge in [0.25, 0.3) is 5.91 Å². The van der Waals surface area contributed by atoms with E-state index in [9.17, 15) is 15.0 Å². The molecule has 4 nitrogen and oxygen atoms in total. The van der Waals surface area contributed by atoms with E-state index in [-0.39, 0.29) is 34.8 Å². The third-order valence-corrected chi connectivity index (χ3v) is 6.69. The molecule has 1 aliphatic rings. The Kier molecular flexibility index (Phi) is 8.37. The first-order chi connectivity index (χ1) is 15.8. The number of hydrogen-bond acceptors (Lipinski definition) is 3. The van der Waals surface area contributed by atoms with Crippen LogP contribution in [-0.2, 0) is 13.0 Å². The molecule has 0 fully saturated rings. The highest BCUT2D eigenvalue weighted by Crippen LogP contribution is 2.48. The van der Waals surface area contributed by atoms with Gasteiger partial charge in [0.05, 0.1) is 5.56 Å². The maximum atomic E-state index is 13.3. The Morgan fingerprint density at radius 3 is 2.58 bits per heavy atom. The molecule has 1 aliphatic carbocycles. The van der Waals surface area contributed by atoms with E-state index in [1.165, 1.54) is 5.57 Å². The minimum atomic E-state index is -0.313. The van der Waals surface area contributed by atoms with Gasteiger partial charge < -0.3 is 15.5 Å². The molecule has 0 radical (unpaired) electrons. The second-order valence-electron chi connectivity index (χ2n) is 9.35. The molecule has 2 aromatic carbocycles. The number of nitrogens with one attached hydrogen (secondary N) is 1. The molecule has 176 valence electrons. The van der Waals surface area contributed by atoms with Crippen molar-refractivity contribution in [2.45, 2.75) is 71.8 Å². The molecule has 0 saturated heterocycles. The number of unbranched alkanes of at least 4 members (excludes halogenated alkanes) is 2.